The topological polar surface area (TPSA) is 76.2 Å². The summed E-state index contributed by atoms with van der Waals surface area (Å²) in [4.78, 5) is 10.3. The van der Waals surface area contributed by atoms with Gasteiger partial charge in [0.15, 0.2) is 0 Å². The second-order valence-electron chi connectivity index (χ2n) is 2.52. The van der Waals surface area contributed by atoms with Gasteiger partial charge in [-0.25, -0.2) is 4.79 Å². The number of nitrogens with zero attached hydrogens (tertiary/aromatic N) is 2. The van der Waals surface area contributed by atoms with Crippen molar-refractivity contribution >= 4 is 24.8 Å². The van der Waals surface area contributed by atoms with E-state index in [1.807, 2.05) is 0 Å². The third kappa shape index (κ3) is 1.68. The number of hydrogen-bond donors (Lipinski definition) is 1. The van der Waals surface area contributed by atoms with Gasteiger partial charge in [0.05, 0.1) is 0 Å². The van der Waals surface area contributed by atoms with Gasteiger partial charge >= 0.3 is 11.9 Å². The molecule has 1 N–H and O–H groups in total. The monoisotopic (exact) mass is 161 g/mol. The van der Waals surface area contributed by atoms with E-state index < -0.39 is 5.97 Å². The molecular weight excluding hydrogens is 155 g/mol. The molecular formula is C6H6LiN2O3. The average Bonchev–Trinajstić information content (AvgIpc) is 2.68. The molecule has 0 bridgehead atoms. The van der Waals surface area contributed by atoms with Crippen LogP contribution in [0.2, 0.25) is 0 Å². The first-order chi connectivity index (χ1) is 5.27. The van der Waals surface area contributed by atoms with Gasteiger partial charge in [-0.05, 0) is 12.8 Å². The number of carbonyl (C=O) groups is 1. The molecule has 0 aliphatic heterocycles. The molecule has 0 spiro atoms. The van der Waals surface area contributed by atoms with E-state index >= 15 is 0 Å². The van der Waals surface area contributed by atoms with Crippen molar-refractivity contribution in [2.45, 2.75) is 18.8 Å². The predicted octanol–water partition coefficient (Wildman–Crippen LogP) is 0.264. The van der Waals surface area contributed by atoms with Crippen molar-refractivity contribution in [2.24, 2.45) is 0 Å². The van der Waals surface area contributed by atoms with Crippen molar-refractivity contribution in [3.8, 4) is 0 Å². The fraction of sp³-hybridized carbons (Fsp3) is 0.500. The Kier molecular flexibility index (Phi) is 2.55. The molecule has 12 heavy (non-hydrogen) atoms. The molecule has 5 nitrogen and oxygen atoms in total. The molecule has 0 saturated heterocycles. The second kappa shape index (κ2) is 3.29. The first-order valence-corrected chi connectivity index (χ1v) is 3.34. The summed E-state index contributed by atoms with van der Waals surface area (Å²) in [6, 6.07) is 0. The fourth-order valence-corrected chi connectivity index (χ4v) is 0.816. The van der Waals surface area contributed by atoms with E-state index in [1.54, 1.807) is 0 Å². The summed E-state index contributed by atoms with van der Waals surface area (Å²) in [5.74, 6) is -0.700. The summed E-state index contributed by atoms with van der Waals surface area (Å²) in [6.45, 7) is 0. The van der Waals surface area contributed by atoms with Crippen molar-refractivity contribution in [2.75, 3.05) is 0 Å². The molecule has 0 unspecified atom stereocenters. The largest absolute Gasteiger partial charge is 0.474 e. The van der Waals surface area contributed by atoms with Crippen LogP contribution in [0.15, 0.2) is 4.42 Å². The average molecular weight is 161 g/mol. The first kappa shape index (κ1) is 9.30. The van der Waals surface area contributed by atoms with Crippen LogP contribution in [0.3, 0.4) is 0 Å². The van der Waals surface area contributed by atoms with E-state index in [4.69, 9.17) is 9.52 Å². The van der Waals surface area contributed by atoms with Crippen LogP contribution in [-0.4, -0.2) is 40.1 Å². The van der Waals surface area contributed by atoms with Crippen molar-refractivity contribution in [3.05, 3.63) is 11.8 Å². The number of hydrogen-bond acceptors (Lipinski definition) is 4. The number of aromatic carboxylic acids is 1. The van der Waals surface area contributed by atoms with Crippen LogP contribution in [0.4, 0.5) is 0 Å². The van der Waals surface area contributed by atoms with Crippen molar-refractivity contribution in [1.82, 2.24) is 10.2 Å². The molecule has 1 aliphatic carbocycles. The maximum atomic E-state index is 10.3. The van der Waals surface area contributed by atoms with Gasteiger partial charge in [-0.1, -0.05) is 0 Å². The second-order valence-corrected chi connectivity index (χ2v) is 2.52. The van der Waals surface area contributed by atoms with E-state index in [-0.39, 0.29) is 24.8 Å². The van der Waals surface area contributed by atoms with E-state index in [0.29, 0.717) is 11.8 Å². The van der Waals surface area contributed by atoms with Crippen LogP contribution < -0.4 is 0 Å². The summed E-state index contributed by atoms with van der Waals surface area (Å²) in [6.07, 6.45) is 2.06. The van der Waals surface area contributed by atoms with Gasteiger partial charge in [-0.15, -0.1) is 10.2 Å². The quantitative estimate of drug-likeness (QED) is 0.629. The zero-order valence-corrected chi connectivity index (χ0v) is 6.65. The van der Waals surface area contributed by atoms with E-state index in [1.165, 1.54) is 0 Å². The zero-order chi connectivity index (χ0) is 7.84. The molecule has 6 heteroatoms. The molecule has 1 fully saturated rings. The fourth-order valence-electron chi connectivity index (χ4n) is 0.816. The van der Waals surface area contributed by atoms with Gasteiger partial charge in [0, 0.05) is 24.8 Å². The van der Waals surface area contributed by atoms with Crippen molar-refractivity contribution < 1.29 is 14.3 Å². The van der Waals surface area contributed by atoms with Gasteiger partial charge in [0.25, 0.3) is 0 Å². The number of carboxylic acid groups (broad SMARTS) is 1. The molecule has 0 aromatic carbocycles. The number of aromatic nitrogens is 2. The summed E-state index contributed by atoms with van der Waals surface area (Å²) < 4.78 is 4.85. The van der Waals surface area contributed by atoms with Crippen LogP contribution in [0.5, 0.6) is 0 Å². The molecule has 0 atom stereocenters. The standard InChI is InChI=1S/C6H6N2O3.Li/c9-6(10)5-8-7-4(11-5)3-1-2-3;/h3H,1-2H2,(H,9,10);. The van der Waals surface area contributed by atoms with E-state index in [0.717, 1.165) is 12.8 Å². The molecule has 1 aromatic heterocycles. The minimum absolute atomic E-state index is 0. The van der Waals surface area contributed by atoms with Gasteiger partial charge in [-0.3, -0.25) is 0 Å². The Bertz CT molecular complexity index is 295. The SMILES string of the molecule is O=C(O)c1nnc(C2CC2)o1.[Li]. The Morgan fingerprint density at radius 2 is 2.17 bits per heavy atom. The van der Waals surface area contributed by atoms with Gasteiger partial charge in [0.2, 0.25) is 5.89 Å². The Hall–Kier alpha value is -0.793. The van der Waals surface area contributed by atoms with Gasteiger partial charge in [-0.2, -0.15) is 0 Å². The van der Waals surface area contributed by atoms with Crippen molar-refractivity contribution in [3.63, 3.8) is 0 Å². The smallest absolute Gasteiger partial charge is 0.393 e. The molecule has 1 aromatic rings. The maximum absolute atomic E-state index is 10.3. The molecule has 1 heterocycles. The summed E-state index contributed by atoms with van der Waals surface area (Å²) in [5.41, 5.74) is 0. The molecule has 1 radical (unpaired) electrons. The molecule has 59 valence electrons. The summed E-state index contributed by atoms with van der Waals surface area (Å²) in [7, 11) is 0. The van der Waals surface area contributed by atoms with Gasteiger partial charge in [0.1, 0.15) is 0 Å². The summed E-state index contributed by atoms with van der Waals surface area (Å²) in [5, 5.41) is 15.4. The minimum Gasteiger partial charge on any atom is -0.474 e. The third-order valence-electron chi connectivity index (χ3n) is 1.55. The zero-order valence-electron chi connectivity index (χ0n) is 6.65. The van der Waals surface area contributed by atoms with Gasteiger partial charge < -0.3 is 9.52 Å². The Labute approximate surface area is 80.3 Å². The third-order valence-corrected chi connectivity index (χ3v) is 1.55. The Morgan fingerprint density at radius 3 is 2.58 bits per heavy atom. The molecule has 2 rings (SSSR count). The molecule has 1 saturated carbocycles. The van der Waals surface area contributed by atoms with Crippen LogP contribution in [0.1, 0.15) is 35.3 Å². The molecule has 1 aliphatic rings. The van der Waals surface area contributed by atoms with E-state index in [9.17, 15) is 4.79 Å². The minimum atomic E-state index is -1.16. The number of rotatable bonds is 2. The van der Waals surface area contributed by atoms with Crippen LogP contribution in [0, 0.1) is 0 Å². The molecule has 0 amide bonds. The Balaban J connectivity index is 0.000000720. The van der Waals surface area contributed by atoms with Crippen LogP contribution >= 0.6 is 0 Å². The summed E-state index contributed by atoms with van der Waals surface area (Å²) >= 11 is 0. The maximum Gasteiger partial charge on any atom is 0.393 e. The normalized spacial score (nSPS) is 15.3. The Morgan fingerprint density at radius 1 is 1.50 bits per heavy atom. The number of carboxylic acids is 1. The first-order valence-electron chi connectivity index (χ1n) is 3.34. The predicted molar refractivity (Wildman–Crippen MR) is 39.0 cm³/mol. The van der Waals surface area contributed by atoms with E-state index in [2.05, 4.69) is 10.2 Å². The van der Waals surface area contributed by atoms with Crippen LogP contribution in [0.25, 0.3) is 0 Å². The van der Waals surface area contributed by atoms with Crippen molar-refractivity contribution in [1.29, 1.82) is 0 Å². The van der Waals surface area contributed by atoms with Crippen LogP contribution in [-0.2, 0) is 0 Å².